The van der Waals surface area contributed by atoms with Crippen LogP contribution in [0.1, 0.15) is 11.1 Å². The first-order chi connectivity index (χ1) is 11.7. The molecule has 2 heterocycles. The molecule has 0 saturated heterocycles. The van der Waals surface area contributed by atoms with Crippen molar-refractivity contribution >= 4 is 10.9 Å². The van der Waals surface area contributed by atoms with Crippen molar-refractivity contribution in [2.75, 3.05) is 0 Å². The van der Waals surface area contributed by atoms with E-state index in [1.165, 1.54) is 39.0 Å². The van der Waals surface area contributed by atoms with Crippen molar-refractivity contribution in [3.63, 3.8) is 0 Å². The first-order valence-electron chi connectivity index (χ1n) is 8.28. The molecule has 0 N–H and O–H groups in total. The highest BCUT2D eigenvalue weighted by Gasteiger charge is 2.21. The summed E-state index contributed by atoms with van der Waals surface area (Å²) in [6.07, 6.45) is 4.40. The molecule has 0 saturated carbocycles. The van der Waals surface area contributed by atoms with Gasteiger partial charge >= 0.3 is 0 Å². The number of rotatable bonds is 2. The number of benzene rings is 2. The first kappa shape index (κ1) is 14.7. The molecule has 2 aromatic carbocycles. The van der Waals surface area contributed by atoms with Crippen LogP contribution in [0.4, 0.5) is 0 Å². The third-order valence-electron chi connectivity index (χ3n) is 4.69. The number of para-hydroxylation sites is 1. The second-order valence-corrected chi connectivity index (χ2v) is 6.37. The molecule has 0 amide bonds. The van der Waals surface area contributed by atoms with Crippen LogP contribution in [0, 0.1) is 13.8 Å². The van der Waals surface area contributed by atoms with E-state index in [0.29, 0.717) is 0 Å². The minimum Gasteiger partial charge on any atom is -0.316 e. The molecule has 0 aliphatic carbocycles. The Hall–Kier alpha value is -2.87. The van der Waals surface area contributed by atoms with Crippen LogP contribution in [0.2, 0.25) is 0 Å². The van der Waals surface area contributed by atoms with Crippen molar-refractivity contribution < 1.29 is 4.57 Å². The molecule has 2 aromatic heterocycles. The molecular weight excluding hydrogens is 292 g/mol. The summed E-state index contributed by atoms with van der Waals surface area (Å²) < 4.78 is 4.53. The Morgan fingerprint density at radius 1 is 0.792 bits per heavy atom. The lowest BCUT2D eigenvalue weighted by atomic mass is 10.0. The first-order valence-corrected chi connectivity index (χ1v) is 8.28. The third-order valence-corrected chi connectivity index (χ3v) is 4.69. The molecule has 2 heteroatoms. The summed E-state index contributed by atoms with van der Waals surface area (Å²) in [5, 5.41) is 1.29. The fourth-order valence-electron chi connectivity index (χ4n) is 3.61. The molecule has 0 fully saturated rings. The topological polar surface area (TPSA) is 8.81 Å². The molecule has 4 rings (SSSR count). The van der Waals surface area contributed by atoms with E-state index in [0.717, 1.165) is 0 Å². The molecule has 24 heavy (non-hydrogen) atoms. The zero-order valence-electron chi connectivity index (χ0n) is 14.3. The van der Waals surface area contributed by atoms with Crippen molar-refractivity contribution in [1.29, 1.82) is 0 Å². The van der Waals surface area contributed by atoms with Crippen LogP contribution < -0.4 is 4.57 Å². The highest BCUT2D eigenvalue weighted by atomic mass is 15.0. The van der Waals surface area contributed by atoms with E-state index in [1.807, 2.05) is 0 Å². The van der Waals surface area contributed by atoms with Gasteiger partial charge in [-0.25, -0.2) is 4.57 Å². The molecule has 0 aliphatic rings. The van der Waals surface area contributed by atoms with Crippen LogP contribution in [0.15, 0.2) is 73.1 Å². The van der Waals surface area contributed by atoms with Gasteiger partial charge in [0.1, 0.15) is 7.05 Å². The summed E-state index contributed by atoms with van der Waals surface area (Å²) in [4.78, 5) is 0. The predicted octanol–water partition coefficient (Wildman–Crippen LogP) is 4.74. The summed E-state index contributed by atoms with van der Waals surface area (Å²) in [6, 6.07) is 21.4. The Morgan fingerprint density at radius 2 is 1.50 bits per heavy atom. The summed E-state index contributed by atoms with van der Waals surface area (Å²) in [5.41, 5.74) is 7.60. The van der Waals surface area contributed by atoms with E-state index in [-0.39, 0.29) is 0 Å². The summed E-state index contributed by atoms with van der Waals surface area (Å²) >= 11 is 0. The zero-order valence-corrected chi connectivity index (χ0v) is 14.3. The minimum atomic E-state index is 1.19. The van der Waals surface area contributed by atoms with E-state index < -0.39 is 0 Å². The van der Waals surface area contributed by atoms with Crippen LogP contribution >= 0.6 is 0 Å². The highest BCUT2D eigenvalue weighted by Crippen LogP contribution is 2.31. The van der Waals surface area contributed by atoms with E-state index in [2.05, 4.69) is 103 Å². The number of hydrogen-bond acceptors (Lipinski definition) is 0. The van der Waals surface area contributed by atoms with Crippen molar-refractivity contribution in [2.24, 2.45) is 7.05 Å². The van der Waals surface area contributed by atoms with Gasteiger partial charge in [0.2, 0.25) is 5.69 Å². The summed E-state index contributed by atoms with van der Waals surface area (Å²) in [7, 11) is 2.13. The molecule has 0 aliphatic heterocycles. The average Bonchev–Trinajstić information content (AvgIpc) is 3.02. The maximum atomic E-state index is 2.28. The molecule has 4 aromatic rings. The van der Waals surface area contributed by atoms with Gasteiger partial charge < -0.3 is 4.57 Å². The highest BCUT2D eigenvalue weighted by molar-refractivity contribution is 5.94. The number of aromatic nitrogens is 2. The van der Waals surface area contributed by atoms with Crippen LogP contribution in [-0.2, 0) is 7.05 Å². The van der Waals surface area contributed by atoms with Gasteiger partial charge in [0, 0.05) is 23.0 Å². The van der Waals surface area contributed by atoms with Gasteiger partial charge in [-0.05, 0) is 43.7 Å². The molecule has 0 unspecified atom stereocenters. The Morgan fingerprint density at radius 3 is 2.25 bits per heavy atom. The largest absolute Gasteiger partial charge is 0.316 e. The quantitative estimate of drug-likeness (QED) is 0.473. The SMILES string of the molecule is Cc1ccccc1-c1c2ccn(-c3ccccc3)c2c(C)c[n+]1C. The second kappa shape index (κ2) is 5.64. The van der Waals surface area contributed by atoms with E-state index in [9.17, 15) is 0 Å². The van der Waals surface area contributed by atoms with Crippen molar-refractivity contribution in [2.45, 2.75) is 13.8 Å². The van der Waals surface area contributed by atoms with Crippen LogP contribution in [-0.4, -0.2) is 4.57 Å². The fourth-order valence-corrected chi connectivity index (χ4v) is 3.61. The average molecular weight is 313 g/mol. The Balaban J connectivity index is 2.07. The maximum absolute atomic E-state index is 2.28. The molecule has 0 atom stereocenters. The van der Waals surface area contributed by atoms with Crippen molar-refractivity contribution in [3.05, 3.63) is 84.2 Å². The van der Waals surface area contributed by atoms with Crippen LogP contribution in [0.5, 0.6) is 0 Å². The van der Waals surface area contributed by atoms with Crippen molar-refractivity contribution in [3.8, 4) is 16.9 Å². The Kier molecular flexibility index (Phi) is 3.46. The Labute approximate surface area is 142 Å². The lowest BCUT2D eigenvalue weighted by Gasteiger charge is -2.10. The van der Waals surface area contributed by atoms with Gasteiger partial charge in [0.05, 0.1) is 10.9 Å². The summed E-state index contributed by atoms with van der Waals surface area (Å²) in [6.45, 7) is 4.36. The molecule has 118 valence electrons. The number of nitrogens with zero attached hydrogens (tertiary/aromatic N) is 2. The lowest BCUT2D eigenvalue weighted by molar-refractivity contribution is -0.659. The second-order valence-electron chi connectivity index (χ2n) is 6.37. The van der Waals surface area contributed by atoms with Crippen molar-refractivity contribution in [1.82, 2.24) is 4.57 Å². The molecule has 0 bridgehead atoms. The molecule has 0 spiro atoms. The fraction of sp³-hybridized carbons (Fsp3) is 0.136. The van der Waals surface area contributed by atoms with Gasteiger partial charge in [-0.2, -0.15) is 0 Å². The Bertz CT molecular complexity index is 1030. The smallest absolute Gasteiger partial charge is 0.222 e. The number of pyridine rings is 1. The standard InChI is InChI=1S/C22H21N2/c1-16-9-7-8-12-19(16)22-20-13-14-24(18-10-5-4-6-11-18)21(20)17(2)15-23(22)3/h4-15H,1-3H3/q+1. The van der Waals surface area contributed by atoms with Gasteiger partial charge in [0.25, 0.3) is 0 Å². The number of fused-ring (bicyclic) bond motifs is 1. The van der Waals surface area contributed by atoms with Crippen LogP contribution in [0.25, 0.3) is 27.8 Å². The molecular formula is C22H21N2+. The minimum absolute atomic E-state index is 1.19. The van der Waals surface area contributed by atoms with Gasteiger partial charge in [0.15, 0.2) is 6.20 Å². The third kappa shape index (κ3) is 2.23. The maximum Gasteiger partial charge on any atom is 0.222 e. The van der Waals surface area contributed by atoms with Gasteiger partial charge in [-0.15, -0.1) is 0 Å². The normalized spacial score (nSPS) is 11.1. The monoisotopic (exact) mass is 313 g/mol. The predicted molar refractivity (Wildman–Crippen MR) is 99.4 cm³/mol. The van der Waals surface area contributed by atoms with E-state index in [1.54, 1.807) is 0 Å². The van der Waals surface area contributed by atoms with E-state index in [4.69, 9.17) is 0 Å². The van der Waals surface area contributed by atoms with Crippen LogP contribution in [0.3, 0.4) is 0 Å². The molecule has 2 nitrogen and oxygen atoms in total. The van der Waals surface area contributed by atoms with E-state index >= 15 is 0 Å². The van der Waals surface area contributed by atoms with Gasteiger partial charge in [-0.3, -0.25) is 0 Å². The molecule has 0 radical (unpaired) electrons. The lowest BCUT2D eigenvalue weighted by Crippen LogP contribution is -2.31. The number of aryl methyl sites for hydroxylation is 3. The summed E-state index contributed by atoms with van der Waals surface area (Å²) in [5.74, 6) is 0. The van der Waals surface area contributed by atoms with Gasteiger partial charge in [-0.1, -0.05) is 36.4 Å². The number of hydrogen-bond donors (Lipinski definition) is 0. The zero-order chi connectivity index (χ0) is 16.7.